The number of H-pyrrole nitrogens is 2. The summed E-state index contributed by atoms with van der Waals surface area (Å²) in [5, 5.41) is 11.7. The number of nitrogens with one attached hydrogen (secondary N) is 3. The molecule has 0 aliphatic carbocycles. The Kier molecular flexibility index (Phi) is 2.75. The van der Waals surface area contributed by atoms with Crippen molar-refractivity contribution in [2.45, 2.75) is 6.04 Å². The van der Waals surface area contributed by atoms with Gasteiger partial charge in [-0.2, -0.15) is 0 Å². The molecule has 7 heteroatoms. The van der Waals surface area contributed by atoms with Gasteiger partial charge in [0.2, 0.25) is 0 Å². The van der Waals surface area contributed by atoms with E-state index in [0.717, 1.165) is 16.6 Å². The van der Waals surface area contributed by atoms with Gasteiger partial charge in [-0.05, 0) is 17.7 Å². The number of benzene rings is 1. The molecule has 2 amide bonds. The van der Waals surface area contributed by atoms with Crippen molar-refractivity contribution in [1.29, 1.82) is 0 Å². The fourth-order valence-corrected chi connectivity index (χ4v) is 2.36. The van der Waals surface area contributed by atoms with Crippen molar-refractivity contribution in [3.8, 4) is 0 Å². The lowest BCUT2D eigenvalue weighted by Crippen LogP contribution is -2.30. The summed E-state index contributed by atoms with van der Waals surface area (Å²) in [6, 6.07) is 5.23. The number of fused-ring (bicyclic) bond motifs is 1. The summed E-state index contributed by atoms with van der Waals surface area (Å²) < 4.78 is 0. The molecule has 4 N–H and O–H groups in total. The van der Waals surface area contributed by atoms with Gasteiger partial charge in [-0.15, -0.1) is 0 Å². The van der Waals surface area contributed by atoms with Gasteiger partial charge in [0, 0.05) is 13.1 Å². The molecule has 0 spiro atoms. The summed E-state index contributed by atoms with van der Waals surface area (Å²) in [4.78, 5) is 29.8. The van der Waals surface area contributed by atoms with E-state index < -0.39 is 0 Å². The van der Waals surface area contributed by atoms with Crippen LogP contribution in [0, 0.1) is 0 Å². The van der Waals surface area contributed by atoms with Gasteiger partial charge in [0.15, 0.2) is 0 Å². The highest BCUT2D eigenvalue weighted by Gasteiger charge is 2.29. The van der Waals surface area contributed by atoms with Crippen molar-refractivity contribution in [2.75, 3.05) is 19.7 Å². The highest BCUT2D eigenvalue weighted by atomic mass is 16.3. The van der Waals surface area contributed by atoms with Crippen LogP contribution >= 0.6 is 0 Å². The third kappa shape index (κ3) is 2.08. The average Bonchev–Trinajstić information content (AvgIpc) is 2.91. The topological polar surface area (TPSA) is 101 Å². The number of hydrogen-bond donors (Lipinski definition) is 4. The molecule has 100 valence electrons. The van der Waals surface area contributed by atoms with Crippen LogP contribution in [0.15, 0.2) is 23.0 Å². The summed E-state index contributed by atoms with van der Waals surface area (Å²) >= 11 is 0. The van der Waals surface area contributed by atoms with Crippen LogP contribution in [0.25, 0.3) is 11.0 Å². The van der Waals surface area contributed by atoms with Crippen LogP contribution in [0.3, 0.4) is 0 Å². The Hall–Kier alpha value is -2.28. The highest BCUT2D eigenvalue weighted by Crippen LogP contribution is 2.22. The van der Waals surface area contributed by atoms with E-state index in [1.807, 2.05) is 18.2 Å². The van der Waals surface area contributed by atoms with E-state index in [1.165, 1.54) is 0 Å². The lowest BCUT2D eigenvalue weighted by Gasteiger charge is -2.12. The Morgan fingerprint density at radius 1 is 1.26 bits per heavy atom. The van der Waals surface area contributed by atoms with Gasteiger partial charge in [-0.1, -0.05) is 6.07 Å². The zero-order valence-corrected chi connectivity index (χ0v) is 10.1. The lowest BCUT2D eigenvalue weighted by molar-refractivity contribution is 0.196. The summed E-state index contributed by atoms with van der Waals surface area (Å²) in [5.41, 5.74) is 2.14. The molecule has 1 aromatic carbocycles. The maximum absolute atomic E-state index is 11.7. The van der Waals surface area contributed by atoms with Gasteiger partial charge in [0.05, 0.1) is 23.7 Å². The molecule has 1 unspecified atom stereocenters. The first kappa shape index (κ1) is 11.8. The van der Waals surface area contributed by atoms with Crippen molar-refractivity contribution < 1.29 is 9.90 Å². The lowest BCUT2D eigenvalue weighted by atomic mass is 10.1. The Labute approximate surface area is 108 Å². The molecule has 2 heterocycles. The summed E-state index contributed by atoms with van der Waals surface area (Å²) in [7, 11) is 0. The highest BCUT2D eigenvalue weighted by molar-refractivity contribution is 5.79. The first-order valence-corrected chi connectivity index (χ1v) is 6.05. The fraction of sp³-hybridized carbons (Fsp3) is 0.333. The molecule has 7 nitrogen and oxygen atoms in total. The van der Waals surface area contributed by atoms with E-state index in [2.05, 4.69) is 15.3 Å². The molecule has 1 aliphatic rings. The van der Waals surface area contributed by atoms with Gasteiger partial charge < -0.3 is 25.3 Å². The van der Waals surface area contributed by atoms with Gasteiger partial charge in [0.25, 0.3) is 0 Å². The maximum Gasteiger partial charge on any atom is 0.323 e. The number of carbonyl (C=O) groups excluding carboxylic acids is 1. The minimum absolute atomic E-state index is 0.0513. The van der Waals surface area contributed by atoms with Crippen molar-refractivity contribution in [1.82, 2.24) is 20.2 Å². The second kappa shape index (κ2) is 4.43. The number of β-amino-alcohol motifs (C(OH)–C–C–N with tert-alkyl or cyclic N) is 1. The number of amides is 2. The molecule has 1 atom stereocenters. The van der Waals surface area contributed by atoms with Crippen LogP contribution in [-0.2, 0) is 0 Å². The Bertz CT molecular complexity index is 675. The molecular formula is C12H14N4O3. The van der Waals surface area contributed by atoms with Crippen LogP contribution < -0.4 is 11.0 Å². The largest absolute Gasteiger partial charge is 0.395 e. The first-order valence-electron chi connectivity index (χ1n) is 6.05. The number of nitrogens with zero attached hydrogens (tertiary/aromatic N) is 1. The van der Waals surface area contributed by atoms with Crippen molar-refractivity contribution >= 4 is 17.1 Å². The zero-order valence-electron chi connectivity index (χ0n) is 10.1. The predicted octanol–water partition coefficient (Wildman–Crippen LogP) is -0.0852. The van der Waals surface area contributed by atoms with Crippen LogP contribution in [0.1, 0.15) is 11.6 Å². The predicted molar refractivity (Wildman–Crippen MR) is 68.9 cm³/mol. The second-order valence-electron chi connectivity index (χ2n) is 4.56. The van der Waals surface area contributed by atoms with Crippen molar-refractivity contribution in [3.05, 3.63) is 34.2 Å². The fourth-order valence-electron chi connectivity index (χ4n) is 2.36. The molecular weight excluding hydrogens is 248 g/mol. The number of aromatic amines is 2. The van der Waals surface area contributed by atoms with Gasteiger partial charge in [-0.3, -0.25) is 0 Å². The van der Waals surface area contributed by atoms with Crippen molar-refractivity contribution in [3.63, 3.8) is 0 Å². The molecule has 19 heavy (non-hydrogen) atoms. The van der Waals surface area contributed by atoms with E-state index in [1.54, 1.807) is 4.90 Å². The van der Waals surface area contributed by atoms with Crippen molar-refractivity contribution in [2.24, 2.45) is 0 Å². The number of aliphatic hydroxyl groups is 1. The zero-order chi connectivity index (χ0) is 13.4. The molecule has 0 radical (unpaired) electrons. The third-order valence-electron chi connectivity index (χ3n) is 3.30. The van der Waals surface area contributed by atoms with Gasteiger partial charge in [0.1, 0.15) is 0 Å². The molecule has 1 fully saturated rings. The Morgan fingerprint density at radius 3 is 2.84 bits per heavy atom. The van der Waals surface area contributed by atoms with Crippen LogP contribution in [0.2, 0.25) is 0 Å². The second-order valence-corrected chi connectivity index (χ2v) is 4.56. The average molecular weight is 262 g/mol. The maximum atomic E-state index is 11.7. The van der Waals surface area contributed by atoms with Crippen LogP contribution in [0.4, 0.5) is 4.79 Å². The summed E-state index contributed by atoms with van der Waals surface area (Å²) in [6.45, 7) is 0.787. The number of imidazole rings is 1. The molecule has 0 bridgehead atoms. The molecule has 1 aliphatic heterocycles. The van der Waals surface area contributed by atoms with Gasteiger partial charge in [-0.25, -0.2) is 9.59 Å². The van der Waals surface area contributed by atoms with E-state index in [-0.39, 0.29) is 24.4 Å². The van der Waals surface area contributed by atoms with E-state index in [4.69, 9.17) is 5.11 Å². The normalized spacial score (nSPS) is 19.1. The Balaban J connectivity index is 1.88. The van der Waals surface area contributed by atoms with Crippen LogP contribution in [0.5, 0.6) is 0 Å². The number of aromatic nitrogens is 2. The summed E-state index contributed by atoms with van der Waals surface area (Å²) in [6.07, 6.45) is 0. The molecule has 2 aromatic rings. The summed E-state index contributed by atoms with van der Waals surface area (Å²) in [5.74, 6) is 0. The number of hydrogen-bond acceptors (Lipinski definition) is 3. The van der Waals surface area contributed by atoms with Crippen LogP contribution in [-0.4, -0.2) is 45.7 Å². The SMILES string of the molecule is O=C1NC(c2ccc3[nH]c(=O)[nH]c3c2)CN1CCO. The number of aliphatic hydroxyl groups excluding tert-OH is 1. The number of urea groups is 1. The van der Waals surface area contributed by atoms with Gasteiger partial charge >= 0.3 is 11.7 Å². The third-order valence-corrected chi connectivity index (χ3v) is 3.30. The Morgan fingerprint density at radius 2 is 2.05 bits per heavy atom. The quantitative estimate of drug-likeness (QED) is 0.622. The molecule has 3 rings (SSSR count). The van der Waals surface area contributed by atoms with E-state index in [9.17, 15) is 9.59 Å². The minimum atomic E-state index is -0.246. The van der Waals surface area contributed by atoms with E-state index >= 15 is 0 Å². The smallest absolute Gasteiger partial charge is 0.323 e. The first-order chi connectivity index (χ1) is 9.17. The number of carbonyl (C=O) groups is 1. The molecule has 1 saturated heterocycles. The minimum Gasteiger partial charge on any atom is -0.395 e. The number of rotatable bonds is 3. The molecule has 1 aromatic heterocycles. The monoisotopic (exact) mass is 262 g/mol. The van der Waals surface area contributed by atoms with E-state index in [0.29, 0.717) is 13.1 Å². The standard InChI is InChI=1S/C12H14N4O3/c17-4-3-16-6-10(15-12(16)19)7-1-2-8-9(5-7)14-11(18)13-8/h1-2,5,10,17H,3-4,6H2,(H,15,19)(H2,13,14,18). The molecule has 0 saturated carbocycles.